The molecule has 106 valence electrons. The molecule has 1 saturated heterocycles. The van der Waals surface area contributed by atoms with Crippen LogP contribution >= 0.6 is 0 Å². The van der Waals surface area contributed by atoms with E-state index >= 15 is 0 Å². The third kappa shape index (κ3) is 4.22. The Bertz CT molecular complexity index is 237. The molecule has 3 nitrogen and oxygen atoms in total. The molecule has 0 aromatic carbocycles. The van der Waals surface area contributed by atoms with Crippen LogP contribution in [0, 0.1) is 5.92 Å². The van der Waals surface area contributed by atoms with Gasteiger partial charge in [0.25, 0.3) is 0 Å². The molecule has 0 spiro atoms. The van der Waals surface area contributed by atoms with Gasteiger partial charge in [0.2, 0.25) is 0 Å². The highest BCUT2D eigenvalue weighted by Crippen LogP contribution is 2.22. The number of rotatable bonds is 5. The maximum absolute atomic E-state index is 5.55. The van der Waals surface area contributed by atoms with Gasteiger partial charge in [-0.3, -0.25) is 4.90 Å². The lowest BCUT2D eigenvalue weighted by Crippen LogP contribution is -2.54. The van der Waals surface area contributed by atoms with E-state index in [1.54, 1.807) is 0 Å². The van der Waals surface area contributed by atoms with E-state index < -0.39 is 0 Å². The lowest BCUT2D eigenvalue weighted by atomic mass is 9.89. The number of hydrogen-bond acceptors (Lipinski definition) is 3. The minimum atomic E-state index is 0.213. The van der Waals surface area contributed by atoms with Crippen LogP contribution in [0.2, 0.25) is 0 Å². The van der Waals surface area contributed by atoms with Gasteiger partial charge >= 0.3 is 0 Å². The number of morpholine rings is 1. The Morgan fingerprint density at radius 1 is 1.22 bits per heavy atom. The number of nitrogens with one attached hydrogen (secondary N) is 1. The van der Waals surface area contributed by atoms with Crippen molar-refractivity contribution in [1.82, 2.24) is 10.2 Å². The van der Waals surface area contributed by atoms with Crippen molar-refractivity contribution in [2.75, 3.05) is 39.4 Å². The Morgan fingerprint density at radius 3 is 2.72 bits per heavy atom. The van der Waals surface area contributed by atoms with Gasteiger partial charge in [-0.25, -0.2) is 0 Å². The van der Waals surface area contributed by atoms with Gasteiger partial charge in [0.05, 0.1) is 13.2 Å². The first-order valence-corrected chi connectivity index (χ1v) is 7.72. The first-order chi connectivity index (χ1) is 8.68. The van der Waals surface area contributed by atoms with Crippen LogP contribution in [0.15, 0.2) is 0 Å². The van der Waals surface area contributed by atoms with E-state index in [0.717, 1.165) is 38.8 Å². The van der Waals surface area contributed by atoms with Crippen molar-refractivity contribution >= 4 is 0 Å². The fourth-order valence-electron chi connectivity index (χ4n) is 3.22. The van der Waals surface area contributed by atoms with Gasteiger partial charge in [-0.2, -0.15) is 0 Å². The molecule has 0 aromatic rings. The fourth-order valence-corrected chi connectivity index (χ4v) is 3.22. The third-order valence-corrected chi connectivity index (χ3v) is 4.53. The van der Waals surface area contributed by atoms with Gasteiger partial charge in [0.15, 0.2) is 0 Å². The smallest absolute Gasteiger partial charge is 0.0645 e. The zero-order valence-corrected chi connectivity index (χ0v) is 12.2. The summed E-state index contributed by atoms with van der Waals surface area (Å²) in [6.45, 7) is 10.9. The molecule has 1 saturated carbocycles. The molecule has 1 N–H and O–H groups in total. The molecule has 0 atom stereocenters. The number of ether oxygens (including phenoxy) is 1. The molecular weight excluding hydrogens is 224 g/mol. The quantitative estimate of drug-likeness (QED) is 0.762. The van der Waals surface area contributed by atoms with Crippen LogP contribution in [-0.4, -0.2) is 49.8 Å². The third-order valence-electron chi connectivity index (χ3n) is 4.53. The zero-order valence-electron chi connectivity index (χ0n) is 12.2. The van der Waals surface area contributed by atoms with E-state index in [1.807, 2.05) is 0 Å². The maximum atomic E-state index is 5.55. The Morgan fingerprint density at radius 2 is 2.00 bits per heavy atom. The van der Waals surface area contributed by atoms with Crippen LogP contribution in [0.5, 0.6) is 0 Å². The molecule has 18 heavy (non-hydrogen) atoms. The summed E-state index contributed by atoms with van der Waals surface area (Å²) in [4.78, 5) is 2.56. The highest BCUT2D eigenvalue weighted by Gasteiger charge is 2.29. The summed E-state index contributed by atoms with van der Waals surface area (Å²) in [6.07, 6.45) is 7.23. The second-order valence-corrected chi connectivity index (χ2v) is 6.56. The molecular formula is C15H30N2O. The van der Waals surface area contributed by atoms with Crippen molar-refractivity contribution in [3.05, 3.63) is 0 Å². The average molecular weight is 254 g/mol. The van der Waals surface area contributed by atoms with Gasteiger partial charge in [0.1, 0.15) is 0 Å². The molecule has 1 aliphatic carbocycles. The summed E-state index contributed by atoms with van der Waals surface area (Å²) >= 11 is 0. The van der Waals surface area contributed by atoms with Crippen LogP contribution in [0.4, 0.5) is 0 Å². The molecule has 0 radical (unpaired) electrons. The van der Waals surface area contributed by atoms with Gasteiger partial charge < -0.3 is 10.1 Å². The van der Waals surface area contributed by atoms with Crippen LogP contribution in [-0.2, 0) is 4.74 Å². The summed E-state index contributed by atoms with van der Waals surface area (Å²) in [6, 6.07) is 0. The van der Waals surface area contributed by atoms with E-state index in [0.29, 0.717) is 0 Å². The summed E-state index contributed by atoms with van der Waals surface area (Å²) in [5.74, 6) is 0.941. The first-order valence-electron chi connectivity index (χ1n) is 7.72. The minimum Gasteiger partial charge on any atom is -0.378 e. The standard InChI is InChI=1S/C15H30N2O/c1-15(2)13-18-11-10-17(15)9-8-16-12-14-6-4-3-5-7-14/h14,16H,3-13H2,1-2H3. The van der Waals surface area contributed by atoms with Crippen LogP contribution in [0.1, 0.15) is 46.0 Å². The van der Waals surface area contributed by atoms with Crippen LogP contribution in [0.3, 0.4) is 0 Å². The SMILES string of the molecule is CC1(C)COCCN1CCNCC1CCCCC1. The van der Waals surface area contributed by atoms with E-state index in [-0.39, 0.29) is 5.54 Å². The molecule has 0 aromatic heterocycles. The second kappa shape index (κ2) is 6.88. The summed E-state index contributed by atoms with van der Waals surface area (Å²) in [7, 11) is 0. The number of hydrogen-bond donors (Lipinski definition) is 1. The van der Waals surface area contributed by atoms with Crippen molar-refractivity contribution in [3.8, 4) is 0 Å². The van der Waals surface area contributed by atoms with Gasteiger partial charge in [-0.1, -0.05) is 19.3 Å². The van der Waals surface area contributed by atoms with Crippen molar-refractivity contribution in [2.24, 2.45) is 5.92 Å². The van der Waals surface area contributed by atoms with Crippen molar-refractivity contribution in [1.29, 1.82) is 0 Å². The Labute approximate surface area is 112 Å². The minimum absolute atomic E-state index is 0.213. The molecule has 0 bridgehead atoms. The predicted octanol–water partition coefficient (Wildman–Crippen LogP) is 2.27. The Balaban J connectivity index is 1.59. The molecule has 0 amide bonds. The van der Waals surface area contributed by atoms with Crippen molar-refractivity contribution < 1.29 is 4.74 Å². The zero-order chi connectivity index (χ0) is 12.8. The van der Waals surface area contributed by atoms with Crippen LogP contribution in [0.25, 0.3) is 0 Å². The predicted molar refractivity (Wildman–Crippen MR) is 75.9 cm³/mol. The van der Waals surface area contributed by atoms with Crippen molar-refractivity contribution in [3.63, 3.8) is 0 Å². The highest BCUT2D eigenvalue weighted by atomic mass is 16.5. The Hall–Kier alpha value is -0.120. The topological polar surface area (TPSA) is 24.5 Å². The molecule has 1 heterocycles. The normalized spacial score (nSPS) is 26.3. The van der Waals surface area contributed by atoms with E-state index in [2.05, 4.69) is 24.1 Å². The molecule has 2 rings (SSSR count). The molecule has 2 fully saturated rings. The molecule has 2 aliphatic rings. The van der Waals surface area contributed by atoms with Gasteiger partial charge in [-0.15, -0.1) is 0 Å². The van der Waals surface area contributed by atoms with E-state index in [9.17, 15) is 0 Å². The van der Waals surface area contributed by atoms with Crippen LogP contribution < -0.4 is 5.32 Å². The average Bonchev–Trinajstić information content (AvgIpc) is 2.37. The summed E-state index contributed by atoms with van der Waals surface area (Å²) in [5.41, 5.74) is 0.213. The van der Waals surface area contributed by atoms with Gasteiger partial charge in [-0.05, 0) is 39.2 Å². The monoisotopic (exact) mass is 254 g/mol. The highest BCUT2D eigenvalue weighted by molar-refractivity contribution is 4.84. The second-order valence-electron chi connectivity index (χ2n) is 6.56. The first kappa shape index (κ1) is 14.3. The largest absolute Gasteiger partial charge is 0.378 e. The summed E-state index contributed by atoms with van der Waals surface area (Å²) in [5, 5.41) is 3.66. The maximum Gasteiger partial charge on any atom is 0.0645 e. The Kier molecular flexibility index (Phi) is 5.46. The molecule has 3 heteroatoms. The molecule has 0 unspecified atom stereocenters. The van der Waals surface area contributed by atoms with E-state index in [1.165, 1.54) is 38.6 Å². The molecule has 1 aliphatic heterocycles. The number of nitrogens with zero attached hydrogens (tertiary/aromatic N) is 1. The summed E-state index contributed by atoms with van der Waals surface area (Å²) < 4.78 is 5.55. The lowest BCUT2D eigenvalue weighted by molar-refractivity contribution is -0.0501. The van der Waals surface area contributed by atoms with Gasteiger partial charge in [0, 0.05) is 25.2 Å². The fraction of sp³-hybridized carbons (Fsp3) is 1.00. The van der Waals surface area contributed by atoms with E-state index in [4.69, 9.17) is 4.74 Å². The lowest BCUT2D eigenvalue weighted by Gasteiger charge is -2.42. The van der Waals surface area contributed by atoms with Crippen molar-refractivity contribution in [2.45, 2.75) is 51.5 Å².